The minimum absolute atomic E-state index is 0.000863. The summed E-state index contributed by atoms with van der Waals surface area (Å²) in [7, 11) is 3.25. The third kappa shape index (κ3) is 16.9. The number of aryl methyl sites for hydroxylation is 12. The van der Waals surface area contributed by atoms with E-state index >= 15 is 9.59 Å². The van der Waals surface area contributed by atoms with Crippen molar-refractivity contribution in [2.24, 2.45) is 14.1 Å². The maximum absolute atomic E-state index is 15.0. The second-order valence-corrected chi connectivity index (χ2v) is 30.1. The standard InChI is InChI=1S/C90H76N14O8.C11H4/c1-45-19-17-21-55(35-45)79(105)77-71-59-23-13-15-25-61(59)81(107)73-63(27-29-69(75(71)73)103(11)83(77)109)93-65-43-67(53(9)41-51(65)7)95-87-97-85(99-89(101-87)111-57-37-47(3)33-48(4)38-57)91-31-32-92-86-98-88(102-90(100-86)112-58-39-49(5)34-50(6)40-58)96-68-44-66(52(8)42-54(68)10)94-64-28-30-70-76-72(60-24-14-16-26-62(60)82(108)74(64)76)78(84(110)104(70)12)80(106)56-22-18-20-46(2)36-56;1-3-5-7-9-11-10-8-6-4-2/h13-30,33-44,93-94H,31-32H2,1-12H3,(H2,91,95,97,99,101)(H2,92,96,98,100,102);1H,2H3. The van der Waals surface area contributed by atoms with E-state index in [0.29, 0.717) is 123 Å². The maximum Gasteiger partial charge on any atom is 0.328 e. The van der Waals surface area contributed by atoms with Gasteiger partial charge in [-0.2, -0.15) is 29.9 Å². The van der Waals surface area contributed by atoms with Gasteiger partial charge >= 0.3 is 12.0 Å². The first-order valence-electron chi connectivity index (χ1n) is 39.4. The number of terminal acetylenes is 1. The number of carbonyl (C=O) groups is 4. The zero-order chi connectivity index (χ0) is 86.6. The van der Waals surface area contributed by atoms with Crippen LogP contribution < -0.4 is 52.5 Å². The van der Waals surface area contributed by atoms with Crippen molar-refractivity contribution in [1.29, 1.82) is 0 Å². The summed E-state index contributed by atoms with van der Waals surface area (Å²) in [6.45, 7) is 21.7. The highest BCUT2D eigenvalue weighted by molar-refractivity contribution is 6.32. The number of nitrogens with one attached hydrogen (secondary N) is 6. The molecule has 2 aliphatic rings. The van der Waals surface area contributed by atoms with Gasteiger partial charge < -0.3 is 50.5 Å². The summed E-state index contributed by atoms with van der Waals surface area (Å²) < 4.78 is 15.7. The van der Waals surface area contributed by atoms with Crippen molar-refractivity contribution < 1.29 is 28.7 Å². The number of ether oxygens (including phenoxy) is 2. The maximum atomic E-state index is 15.0. The number of hydrogen-bond donors (Lipinski definition) is 6. The molecule has 22 nitrogen and oxygen atoms in total. The van der Waals surface area contributed by atoms with Crippen LogP contribution in [-0.2, 0) is 14.1 Å². The largest absolute Gasteiger partial charge is 0.424 e. The summed E-state index contributed by atoms with van der Waals surface area (Å²) in [5.74, 6) is 22.2. The smallest absolute Gasteiger partial charge is 0.328 e. The molecule has 0 spiro atoms. The molecule has 4 heterocycles. The van der Waals surface area contributed by atoms with Crippen molar-refractivity contribution in [3.63, 3.8) is 0 Å². The van der Waals surface area contributed by atoms with Crippen LogP contribution >= 0.6 is 0 Å². The van der Waals surface area contributed by atoms with Crippen molar-refractivity contribution in [2.45, 2.75) is 76.2 Å². The summed E-state index contributed by atoms with van der Waals surface area (Å²) in [5, 5.41) is 21.7. The van der Waals surface area contributed by atoms with E-state index in [1.54, 1.807) is 130 Å². The van der Waals surface area contributed by atoms with Gasteiger partial charge in [-0.15, -0.1) is 6.42 Å². The molecule has 4 aromatic heterocycles. The number of ketones is 4. The zero-order valence-electron chi connectivity index (χ0n) is 69.7. The zero-order valence-corrected chi connectivity index (χ0v) is 69.7. The molecular formula is C101H80N14O8. The third-order valence-corrected chi connectivity index (χ3v) is 21.0. The number of rotatable bonds is 21. The fourth-order valence-corrected chi connectivity index (χ4v) is 15.5. The van der Waals surface area contributed by atoms with Crippen molar-refractivity contribution in [3.8, 4) is 105 Å². The first kappa shape index (κ1) is 81.7. The van der Waals surface area contributed by atoms with Gasteiger partial charge in [-0.25, -0.2) is 0 Å². The van der Waals surface area contributed by atoms with Crippen LogP contribution in [0.1, 0.15) is 126 Å². The van der Waals surface area contributed by atoms with Gasteiger partial charge in [0.25, 0.3) is 11.1 Å². The molecule has 0 aliphatic heterocycles. The third-order valence-electron chi connectivity index (χ3n) is 21.0. The lowest BCUT2D eigenvalue weighted by molar-refractivity contribution is 0.102. The molecule has 22 heteroatoms. The fourth-order valence-electron chi connectivity index (χ4n) is 15.5. The topological polar surface area (TPSA) is 280 Å². The molecule has 0 unspecified atom stereocenters. The summed E-state index contributed by atoms with van der Waals surface area (Å²) >= 11 is 0. The number of fused-ring (bicyclic) bond motifs is 4. The predicted octanol–water partition coefficient (Wildman–Crippen LogP) is 18.5. The van der Waals surface area contributed by atoms with Crippen molar-refractivity contribution in [2.75, 3.05) is 45.0 Å². The fraction of sp³-hybridized carbons (Fsp3) is 0.149. The molecule has 123 heavy (non-hydrogen) atoms. The van der Waals surface area contributed by atoms with Crippen LogP contribution in [0.5, 0.6) is 23.5 Å². The van der Waals surface area contributed by atoms with E-state index in [0.717, 1.165) is 55.6 Å². The predicted molar refractivity (Wildman–Crippen MR) is 485 cm³/mol. The molecule has 0 saturated heterocycles. The van der Waals surface area contributed by atoms with Crippen LogP contribution in [0, 0.1) is 129 Å². The number of nitrogens with zero attached hydrogens (tertiary/aromatic N) is 8. The van der Waals surface area contributed by atoms with E-state index in [2.05, 4.69) is 85.2 Å². The SMILES string of the molecule is C#CC#CC#CC#CC#CC.Cc1cc(C)cc(Oc2nc(NCCNc3nc(Nc4cc(Nc5ccc6c7c5C(=O)c5ccccc5-c7c(C(=O)c5cccc(C)c5)c(=O)n6C)c(C)cc4C)nc(Oc4cc(C)cc(C)c4)n3)nc(Nc3cc(Nc4ccc5c6c4C(=O)c4ccccc4-c6c(C(=O)c4cccc(C)c4)c(=O)n5C)c(C)cc3C)n2)c1. The molecule has 10 aromatic carbocycles. The minimum Gasteiger partial charge on any atom is -0.424 e. The number of pyridine rings is 2. The molecule has 0 saturated carbocycles. The van der Waals surface area contributed by atoms with Crippen LogP contribution in [-0.4, -0.2) is 75.3 Å². The average Bonchev–Trinajstić information content (AvgIpc) is 0.710. The van der Waals surface area contributed by atoms with Crippen LogP contribution in [0.25, 0.3) is 44.1 Å². The van der Waals surface area contributed by atoms with Crippen LogP contribution in [0.15, 0.2) is 192 Å². The van der Waals surface area contributed by atoms with E-state index < -0.39 is 22.7 Å². The Morgan fingerprint density at radius 1 is 0.366 bits per heavy atom. The van der Waals surface area contributed by atoms with E-state index in [1.807, 2.05) is 142 Å². The molecule has 0 bridgehead atoms. The number of benzene rings is 10. The molecule has 602 valence electrons. The van der Waals surface area contributed by atoms with E-state index in [-0.39, 0.29) is 71.6 Å². The molecule has 0 amide bonds. The van der Waals surface area contributed by atoms with Crippen molar-refractivity contribution >= 4 is 103 Å². The molecule has 16 rings (SSSR count). The van der Waals surface area contributed by atoms with Crippen molar-refractivity contribution in [3.05, 3.63) is 303 Å². The lowest BCUT2D eigenvalue weighted by Gasteiger charge is -2.26. The molecule has 14 aromatic rings. The van der Waals surface area contributed by atoms with Crippen LogP contribution in [0.3, 0.4) is 0 Å². The summed E-state index contributed by atoms with van der Waals surface area (Å²) in [5.41, 5.74) is 16.5. The summed E-state index contributed by atoms with van der Waals surface area (Å²) in [6.07, 6.45) is 4.84. The monoisotopic (exact) mass is 1620 g/mol. The Bertz CT molecular complexity index is 6900. The Kier molecular flexibility index (Phi) is 23.0. The molecule has 0 radical (unpaired) electrons. The first-order valence-corrected chi connectivity index (χ1v) is 39.4. The first-order chi connectivity index (χ1) is 59.3. The van der Waals surface area contributed by atoms with Gasteiger partial charge in [-0.3, -0.25) is 28.8 Å². The van der Waals surface area contributed by atoms with Gasteiger partial charge in [0.2, 0.25) is 23.8 Å². The second-order valence-electron chi connectivity index (χ2n) is 30.1. The van der Waals surface area contributed by atoms with Gasteiger partial charge in [0.1, 0.15) is 11.5 Å². The Balaban J connectivity index is 0.000000996. The lowest BCUT2D eigenvalue weighted by Crippen LogP contribution is -2.29. The normalized spacial score (nSPS) is 11.1. The number of aromatic nitrogens is 8. The van der Waals surface area contributed by atoms with Crippen LogP contribution in [0.4, 0.5) is 57.9 Å². The molecular weight excluding hydrogens is 1540 g/mol. The highest BCUT2D eigenvalue weighted by Gasteiger charge is 2.37. The highest BCUT2D eigenvalue weighted by atomic mass is 16.5. The van der Waals surface area contributed by atoms with Gasteiger partial charge in [-0.05, 0) is 252 Å². The quantitative estimate of drug-likeness (QED) is 0.0221. The highest BCUT2D eigenvalue weighted by Crippen LogP contribution is 2.48. The Morgan fingerprint density at radius 2 is 0.732 bits per heavy atom. The number of carbonyl (C=O) groups excluding carboxylic acids is 4. The molecule has 6 N–H and O–H groups in total. The number of hydrogen-bond acceptors (Lipinski definition) is 20. The van der Waals surface area contributed by atoms with E-state index in [1.165, 1.54) is 9.13 Å². The second kappa shape index (κ2) is 34.6. The summed E-state index contributed by atoms with van der Waals surface area (Å²) in [6, 6.07) is 55.2. The molecule has 2 aliphatic carbocycles. The molecule has 0 atom stereocenters. The lowest BCUT2D eigenvalue weighted by atomic mass is 9.80. The van der Waals surface area contributed by atoms with E-state index in [4.69, 9.17) is 45.8 Å². The molecule has 0 fully saturated rings. The van der Waals surface area contributed by atoms with Crippen LogP contribution in [0.2, 0.25) is 0 Å². The average molecular weight is 1620 g/mol. The van der Waals surface area contributed by atoms with Gasteiger partial charge in [0, 0.05) is 94.1 Å². The van der Waals surface area contributed by atoms with Gasteiger partial charge in [0.05, 0.1) is 44.7 Å². The Morgan fingerprint density at radius 3 is 1.11 bits per heavy atom. The Labute approximate surface area is 710 Å². The number of anilines is 10. The van der Waals surface area contributed by atoms with Gasteiger partial charge in [0.15, 0.2) is 23.1 Å². The van der Waals surface area contributed by atoms with E-state index in [9.17, 15) is 19.2 Å². The minimum atomic E-state index is -0.469. The van der Waals surface area contributed by atoms with Gasteiger partial charge in [-0.1, -0.05) is 126 Å². The van der Waals surface area contributed by atoms with Crippen molar-refractivity contribution in [1.82, 2.24) is 39.0 Å². The summed E-state index contributed by atoms with van der Waals surface area (Å²) in [4.78, 5) is 117. The Hall–Kier alpha value is -16.5.